The molecule has 0 N–H and O–H groups in total. The molecule has 1 atom stereocenters. The molecule has 2 nitrogen and oxygen atoms in total. The highest BCUT2D eigenvalue weighted by atomic mass is 16.5. The Morgan fingerprint density at radius 3 is 2.80 bits per heavy atom. The first-order chi connectivity index (χ1) is 12.1. The number of benzene rings is 1. The fraction of sp³-hybridized carbons (Fsp3) is 0.304. The first-order valence-electron chi connectivity index (χ1n) is 8.81. The van der Waals surface area contributed by atoms with Gasteiger partial charge in [0.15, 0.2) is 0 Å². The third kappa shape index (κ3) is 5.91. The van der Waals surface area contributed by atoms with Crippen LogP contribution in [0.1, 0.15) is 30.9 Å². The molecular weight excluding hydrogens is 306 g/mol. The largest absolute Gasteiger partial charge is 0.497 e. The summed E-state index contributed by atoms with van der Waals surface area (Å²) in [7, 11) is 3.88. The summed E-state index contributed by atoms with van der Waals surface area (Å²) in [6, 6.07) is 8.81. The lowest BCUT2D eigenvalue weighted by Crippen LogP contribution is -2.25. The average molecular weight is 335 g/mol. The van der Waals surface area contributed by atoms with E-state index < -0.39 is 0 Å². The fourth-order valence-corrected chi connectivity index (χ4v) is 2.93. The average Bonchev–Trinajstić information content (AvgIpc) is 2.62. The highest BCUT2D eigenvalue weighted by Gasteiger charge is 2.16. The lowest BCUT2D eigenvalue weighted by molar-refractivity contribution is 0.305. The van der Waals surface area contributed by atoms with E-state index >= 15 is 0 Å². The molecule has 1 heterocycles. The smallest absolute Gasteiger partial charge is 0.118 e. The zero-order chi connectivity index (χ0) is 18.1. The van der Waals surface area contributed by atoms with Crippen molar-refractivity contribution in [3.05, 3.63) is 89.3 Å². The maximum absolute atomic E-state index is 5.42. The summed E-state index contributed by atoms with van der Waals surface area (Å²) in [5.74, 6) is 1.25. The van der Waals surface area contributed by atoms with Gasteiger partial charge in [0, 0.05) is 19.0 Å². The number of likely N-dealkylation sites (N-methyl/N-ethyl adjacent to an activating group) is 1. The summed E-state index contributed by atoms with van der Waals surface area (Å²) in [5.41, 5.74) is 3.92. The van der Waals surface area contributed by atoms with Gasteiger partial charge in [-0.1, -0.05) is 66.3 Å². The van der Waals surface area contributed by atoms with Crippen LogP contribution in [-0.4, -0.2) is 32.1 Å². The first-order valence-corrected chi connectivity index (χ1v) is 8.81. The second kappa shape index (κ2) is 9.85. The summed E-state index contributed by atoms with van der Waals surface area (Å²) >= 11 is 0. The van der Waals surface area contributed by atoms with Crippen molar-refractivity contribution in [2.24, 2.45) is 0 Å². The Kier molecular flexibility index (Phi) is 7.49. The minimum atomic E-state index is 0.362. The van der Waals surface area contributed by atoms with Crippen molar-refractivity contribution in [3.8, 4) is 0 Å². The van der Waals surface area contributed by atoms with Crippen molar-refractivity contribution in [2.75, 3.05) is 27.2 Å². The summed E-state index contributed by atoms with van der Waals surface area (Å²) in [5, 5.41) is 0. The van der Waals surface area contributed by atoms with Gasteiger partial charge < -0.3 is 9.64 Å². The van der Waals surface area contributed by atoms with E-state index in [-0.39, 0.29) is 0 Å². The SMILES string of the molecule is C/C=C\C=C/c1cccc(C2CN(C)C/C=C/C(OC)=C\C=C\2C)c1. The molecule has 132 valence electrons. The molecule has 25 heavy (non-hydrogen) atoms. The van der Waals surface area contributed by atoms with Crippen molar-refractivity contribution in [3.63, 3.8) is 0 Å². The Bertz CT molecular complexity index is 707. The van der Waals surface area contributed by atoms with Gasteiger partial charge in [-0.15, -0.1) is 0 Å². The van der Waals surface area contributed by atoms with Crippen molar-refractivity contribution in [1.29, 1.82) is 0 Å². The Balaban J connectivity index is 2.35. The van der Waals surface area contributed by atoms with Crippen LogP contribution < -0.4 is 0 Å². The van der Waals surface area contributed by atoms with Crippen molar-refractivity contribution in [1.82, 2.24) is 4.90 Å². The molecule has 0 saturated heterocycles. The van der Waals surface area contributed by atoms with Crippen molar-refractivity contribution >= 4 is 6.08 Å². The van der Waals surface area contributed by atoms with Crippen LogP contribution in [0.5, 0.6) is 0 Å². The molecular formula is C23H29NO. The molecule has 1 aliphatic rings. The van der Waals surface area contributed by atoms with Crippen LogP contribution in [0.25, 0.3) is 6.08 Å². The standard InChI is InChI=1S/C23H29NO/c1-5-6-7-10-20-11-8-12-21(17-20)23-18-24(3)16-9-13-22(25-4)15-14-19(23)2/h5-15,17,23H,16,18H2,1-4H3/b6-5-,10-7-,13-9+,19-14+,22-15+. The Hall–Kier alpha value is -2.32. The molecule has 1 aliphatic heterocycles. The van der Waals surface area contributed by atoms with Gasteiger partial charge >= 0.3 is 0 Å². The quantitative estimate of drug-likeness (QED) is 0.689. The maximum Gasteiger partial charge on any atom is 0.118 e. The van der Waals surface area contributed by atoms with E-state index in [1.807, 2.05) is 19.1 Å². The molecule has 1 aromatic rings. The topological polar surface area (TPSA) is 12.5 Å². The molecule has 0 bridgehead atoms. The van der Waals surface area contributed by atoms with Gasteiger partial charge in [0.2, 0.25) is 0 Å². The van der Waals surface area contributed by atoms with Gasteiger partial charge in [-0.05, 0) is 44.2 Å². The number of hydrogen-bond acceptors (Lipinski definition) is 2. The van der Waals surface area contributed by atoms with Crippen molar-refractivity contribution < 1.29 is 4.74 Å². The van der Waals surface area contributed by atoms with E-state index in [9.17, 15) is 0 Å². The minimum Gasteiger partial charge on any atom is -0.497 e. The molecule has 0 fully saturated rings. The van der Waals surface area contributed by atoms with Gasteiger partial charge in [-0.3, -0.25) is 0 Å². The second-order valence-corrected chi connectivity index (χ2v) is 6.42. The number of nitrogens with zero attached hydrogens (tertiary/aromatic N) is 1. The predicted molar refractivity (Wildman–Crippen MR) is 109 cm³/mol. The molecule has 2 heteroatoms. The summed E-state index contributed by atoms with van der Waals surface area (Å²) in [6.07, 6.45) is 16.7. The molecule has 0 spiro atoms. The molecule has 0 aliphatic carbocycles. The lowest BCUT2D eigenvalue weighted by Gasteiger charge is -2.25. The third-order valence-electron chi connectivity index (χ3n) is 4.39. The molecule has 0 radical (unpaired) electrons. The van der Waals surface area contributed by atoms with Gasteiger partial charge in [-0.2, -0.15) is 0 Å². The van der Waals surface area contributed by atoms with Gasteiger partial charge in [-0.25, -0.2) is 0 Å². The maximum atomic E-state index is 5.42. The molecule has 0 saturated carbocycles. The van der Waals surface area contributed by atoms with Gasteiger partial charge in [0.1, 0.15) is 5.76 Å². The number of ether oxygens (including phenoxy) is 1. The number of rotatable bonds is 4. The van der Waals surface area contributed by atoms with Gasteiger partial charge in [0.25, 0.3) is 0 Å². The van der Waals surface area contributed by atoms with E-state index in [0.29, 0.717) is 5.92 Å². The predicted octanol–water partition coefficient (Wildman–Crippen LogP) is 5.34. The van der Waals surface area contributed by atoms with Crippen LogP contribution in [0.2, 0.25) is 0 Å². The zero-order valence-electron chi connectivity index (χ0n) is 15.8. The Morgan fingerprint density at radius 1 is 1.20 bits per heavy atom. The summed E-state index contributed by atoms with van der Waals surface area (Å²) in [6.45, 7) is 6.13. The van der Waals surface area contributed by atoms with Crippen LogP contribution in [-0.2, 0) is 4.74 Å². The van der Waals surface area contributed by atoms with E-state index in [0.717, 1.165) is 18.8 Å². The monoisotopic (exact) mass is 335 g/mol. The summed E-state index contributed by atoms with van der Waals surface area (Å²) in [4.78, 5) is 2.35. The van der Waals surface area contributed by atoms with Crippen LogP contribution in [0.15, 0.2) is 78.1 Å². The number of methoxy groups -OCH3 is 1. The first kappa shape index (κ1) is 19.0. The van der Waals surface area contributed by atoms with Crippen LogP contribution >= 0.6 is 0 Å². The van der Waals surface area contributed by atoms with Crippen molar-refractivity contribution in [2.45, 2.75) is 19.8 Å². The Labute approximate surface area is 152 Å². The van der Waals surface area contributed by atoms with Crippen LogP contribution in [0, 0.1) is 0 Å². The van der Waals surface area contributed by atoms with E-state index in [1.54, 1.807) is 7.11 Å². The summed E-state index contributed by atoms with van der Waals surface area (Å²) < 4.78 is 5.42. The zero-order valence-corrected chi connectivity index (χ0v) is 15.8. The van der Waals surface area contributed by atoms with E-state index in [1.165, 1.54) is 16.7 Å². The highest BCUT2D eigenvalue weighted by molar-refractivity contribution is 5.53. The highest BCUT2D eigenvalue weighted by Crippen LogP contribution is 2.27. The third-order valence-corrected chi connectivity index (χ3v) is 4.39. The Morgan fingerprint density at radius 2 is 2.04 bits per heavy atom. The molecule has 0 aromatic heterocycles. The second-order valence-electron chi connectivity index (χ2n) is 6.42. The number of allylic oxidation sites excluding steroid dienone is 6. The molecule has 2 rings (SSSR count). The van der Waals surface area contributed by atoms with Crippen LogP contribution in [0.3, 0.4) is 0 Å². The van der Waals surface area contributed by atoms with E-state index in [2.05, 4.69) is 79.6 Å². The fourth-order valence-electron chi connectivity index (χ4n) is 2.93. The van der Waals surface area contributed by atoms with Gasteiger partial charge in [0.05, 0.1) is 7.11 Å². The molecule has 0 amide bonds. The van der Waals surface area contributed by atoms with Crippen LogP contribution in [0.4, 0.5) is 0 Å². The minimum absolute atomic E-state index is 0.362. The lowest BCUT2D eigenvalue weighted by atomic mass is 9.89. The normalized spacial score (nSPS) is 25.4. The molecule has 1 aromatic carbocycles. The number of hydrogen-bond donors (Lipinski definition) is 0. The van der Waals surface area contributed by atoms with E-state index in [4.69, 9.17) is 4.74 Å². The molecule has 1 unspecified atom stereocenters.